The van der Waals surface area contributed by atoms with E-state index in [2.05, 4.69) is 42.4 Å². The number of thiophene rings is 1. The third kappa shape index (κ3) is 4.05. The number of halogens is 1. The van der Waals surface area contributed by atoms with Gasteiger partial charge in [-0.1, -0.05) is 0 Å². The van der Waals surface area contributed by atoms with Crippen LogP contribution in [0.15, 0.2) is 46.5 Å². The van der Waals surface area contributed by atoms with Crippen molar-refractivity contribution in [3.05, 3.63) is 61.5 Å². The molecule has 24 heavy (non-hydrogen) atoms. The second-order valence-corrected chi connectivity index (χ2v) is 7.21. The van der Waals surface area contributed by atoms with Crippen molar-refractivity contribution in [3.8, 4) is 11.4 Å². The van der Waals surface area contributed by atoms with Gasteiger partial charge in [-0.2, -0.15) is 0 Å². The van der Waals surface area contributed by atoms with E-state index in [4.69, 9.17) is 0 Å². The molecule has 0 radical (unpaired) electrons. The number of aromatic nitrogens is 3. The maximum absolute atomic E-state index is 10.7. The molecule has 0 amide bonds. The standard InChI is InChI=1S/C15H14BrN5O2S/c1-19(7-14-6-12(16)8-24-14)10-20-9-17-15(18-20)11-2-4-13(5-3-11)21(22)23/h2-6,8-9H,7,10H2,1H3. The van der Waals surface area contributed by atoms with E-state index in [9.17, 15) is 10.1 Å². The molecule has 0 bridgehead atoms. The van der Waals surface area contributed by atoms with Crippen molar-refractivity contribution in [1.82, 2.24) is 19.7 Å². The molecule has 0 saturated carbocycles. The van der Waals surface area contributed by atoms with Crippen LogP contribution in [0, 0.1) is 10.1 Å². The fourth-order valence-corrected chi connectivity index (χ4v) is 3.76. The summed E-state index contributed by atoms with van der Waals surface area (Å²) in [4.78, 5) is 17.9. The van der Waals surface area contributed by atoms with E-state index in [0.29, 0.717) is 12.5 Å². The number of non-ortho nitro benzene ring substituents is 1. The zero-order chi connectivity index (χ0) is 17.1. The highest BCUT2D eigenvalue weighted by atomic mass is 79.9. The molecule has 1 aromatic carbocycles. The van der Waals surface area contributed by atoms with E-state index in [1.165, 1.54) is 17.0 Å². The van der Waals surface area contributed by atoms with E-state index in [-0.39, 0.29) is 5.69 Å². The van der Waals surface area contributed by atoms with E-state index in [1.807, 2.05) is 7.05 Å². The van der Waals surface area contributed by atoms with Gasteiger partial charge in [-0.15, -0.1) is 16.4 Å². The lowest BCUT2D eigenvalue weighted by atomic mass is 10.2. The Balaban J connectivity index is 1.65. The van der Waals surface area contributed by atoms with Gasteiger partial charge < -0.3 is 0 Å². The predicted molar refractivity (Wildman–Crippen MR) is 95.6 cm³/mol. The van der Waals surface area contributed by atoms with Gasteiger partial charge in [0, 0.05) is 39.0 Å². The summed E-state index contributed by atoms with van der Waals surface area (Å²) in [6.07, 6.45) is 1.66. The van der Waals surface area contributed by atoms with E-state index in [0.717, 1.165) is 16.6 Å². The van der Waals surface area contributed by atoms with E-state index < -0.39 is 4.92 Å². The fraction of sp³-hybridized carbons (Fsp3) is 0.200. The number of benzene rings is 1. The molecule has 3 rings (SSSR count). The van der Waals surface area contributed by atoms with Crippen LogP contribution >= 0.6 is 27.3 Å². The molecule has 0 N–H and O–H groups in total. The maximum Gasteiger partial charge on any atom is 0.269 e. The van der Waals surface area contributed by atoms with Gasteiger partial charge in [-0.3, -0.25) is 15.0 Å². The van der Waals surface area contributed by atoms with Gasteiger partial charge in [0.2, 0.25) is 0 Å². The molecular weight excluding hydrogens is 394 g/mol. The zero-order valence-electron chi connectivity index (χ0n) is 12.8. The lowest BCUT2D eigenvalue weighted by molar-refractivity contribution is -0.384. The number of nitro groups is 1. The lowest BCUT2D eigenvalue weighted by Crippen LogP contribution is -2.21. The van der Waals surface area contributed by atoms with E-state index in [1.54, 1.807) is 34.5 Å². The molecule has 124 valence electrons. The van der Waals surface area contributed by atoms with Crippen molar-refractivity contribution in [1.29, 1.82) is 0 Å². The summed E-state index contributed by atoms with van der Waals surface area (Å²) in [6.45, 7) is 1.43. The SMILES string of the molecule is CN(Cc1cc(Br)cs1)Cn1cnc(-c2ccc([N+](=O)[O-])cc2)n1. The van der Waals surface area contributed by atoms with Gasteiger partial charge >= 0.3 is 0 Å². The monoisotopic (exact) mass is 407 g/mol. The van der Waals surface area contributed by atoms with Gasteiger partial charge in [-0.05, 0) is 41.2 Å². The Hall–Kier alpha value is -2.10. The minimum absolute atomic E-state index is 0.0556. The van der Waals surface area contributed by atoms with Gasteiger partial charge in [0.15, 0.2) is 5.82 Å². The van der Waals surface area contributed by atoms with Crippen molar-refractivity contribution >= 4 is 33.0 Å². The predicted octanol–water partition coefficient (Wildman–Crippen LogP) is 3.77. The maximum atomic E-state index is 10.7. The van der Waals surface area contributed by atoms with Crippen LogP contribution in [-0.2, 0) is 13.2 Å². The van der Waals surface area contributed by atoms with Gasteiger partial charge in [0.25, 0.3) is 5.69 Å². The Morgan fingerprint density at radius 2 is 2.12 bits per heavy atom. The summed E-state index contributed by atoms with van der Waals surface area (Å²) < 4.78 is 2.84. The molecule has 2 heterocycles. The molecule has 0 aliphatic heterocycles. The minimum Gasteiger partial charge on any atom is -0.282 e. The van der Waals surface area contributed by atoms with Gasteiger partial charge in [0.05, 0.1) is 11.6 Å². The minimum atomic E-state index is -0.423. The van der Waals surface area contributed by atoms with Gasteiger partial charge in [-0.25, -0.2) is 9.67 Å². The summed E-state index contributed by atoms with van der Waals surface area (Å²) in [7, 11) is 2.01. The van der Waals surface area contributed by atoms with Crippen LogP contribution in [-0.4, -0.2) is 31.6 Å². The molecule has 7 nitrogen and oxygen atoms in total. The molecular formula is C15H14BrN5O2S. The first kappa shape index (κ1) is 16.7. The van der Waals surface area contributed by atoms with Crippen LogP contribution in [0.3, 0.4) is 0 Å². The van der Waals surface area contributed by atoms with Crippen molar-refractivity contribution < 1.29 is 4.92 Å². The normalized spacial score (nSPS) is 11.1. The molecule has 0 atom stereocenters. The molecule has 9 heteroatoms. The van der Waals surface area contributed by atoms with Crippen molar-refractivity contribution in [2.24, 2.45) is 0 Å². The third-order valence-electron chi connectivity index (χ3n) is 3.31. The highest BCUT2D eigenvalue weighted by molar-refractivity contribution is 9.10. The summed E-state index contributed by atoms with van der Waals surface area (Å²) in [6, 6.07) is 8.33. The topological polar surface area (TPSA) is 77.1 Å². The van der Waals surface area contributed by atoms with Crippen LogP contribution in [0.1, 0.15) is 4.88 Å². The molecule has 3 aromatic rings. The lowest BCUT2D eigenvalue weighted by Gasteiger charge is -2.14. The first-order valence-electron chi connectivity index (χ1n) is 7.07. The van der Waals surface area contributed by atoms with E-state index >= 15 is 0 Å². The second-order valence-electron chi connectivity index (χ2n) is 5.30. The molecule has 0 unspecified atom stereocenters. The average molecular weight is 408 g/mol. The Labute approximate surface area is 150 Å². The van der Waals surface area contributed by atoms with Crippen LogP contribution in [0.2, 0.25) is 0 Å². The molecule has 2 aromatic heterocycles. The molecule has 0 spiro atoms. The van der Waals surface area contributed by atoms with Gasteiger partial charge in [0.1, 0.15) is 6.33 Å². The molecule has 0 saturated heterocycles. The highest BCUT2D eigenvalue weighted by Crippen LogP contribution is 2.21. The Morgan fingerprint density at radius 1 is 1.38 bits per heavy atom. The average Bonchev–Trinajstić information content (AvgIpc) is 3.16. The quantitative estimate of drug-likeness (QED) is 0.459. The zero-order valence-corrected chi connectivity index (χ0v) is 15.2. The van der Waals surface area contributed by atoms with Crippen molar-refractivity contribution in [2.45, 2.75) is 13.2 Å². The summed E-state index contributed by atoms with van der Waals surface area (Å²) in [5, 5.41) is 17.2. The van der Waals surface area contributed by atoms with Crippen LogP contribution in [0.5, 0.6) is 0 Å². The van der Waals surface area contributed by atoms with Crippen LogP contribution in [0.4, 0.5) is 5.69 Å². The number of hydrogen-bond donors (Lipinski definition) is 0. The highest BCUT2D eigenvalue weighted by Gasteiger charge is 2.10. The summed E-state index contributed by atoms with van der Waals surface area (Å²) in [5.74, 6) is 0.553. The summed E-state index contributed by atoms with van der Waals surface area (Å²) >= 11 is 5.16. The number of rotatable bonds is 6. The first-order chi connectivity index (χ1) is 11.5. The number of nitrogens with zero attached hydrogens (tertiary/aromatic N) is 5. The number of hydrogen-bond acceptors (Lipinski definition) is 6. The van der Waals surface area contributed by atoms with Crippen molar-refractivity contribution in [3.63, 3.8) is 0 Å². The molecule has 0 fully saturated rings. The first-order valence-corrected chi connectivity index (χ1v) is 8.74. The van der Waals surface area contributed by atoms with Crippen LogP contribution in [0.25, 0.3) is 11.4 Å². The molecule has 0 aliphatic carbocycles. The van der Waals surface area contributed by atoms with Crippen molar-refractivity contribution in [2.75, 3.05) is 7.05 Å². The number of nitro benzene ring substituents is 1. The Bertz CT molecular complexity index is 846. The third-order valence-corrected chi connectivity index (χ3v) is 4.99. The summed E-state index contributed by atoms with van der Waals surface area (Å²) in [5.41, 5.74) is 0.809. The smallest absolute Gasteiger partial charge is 0.269 e. The van der Waals surface area contributed by atoms with Crippen LogP contribution < -0.4 is 0 Å². The second kappa shape index (κ2) is 7.20. The Morgan fingerprint density at radius 3 is 2.75 bits per heavy atom. The fourth-order valence-electron chi connectivity index (χ4n) is 2.23. The molecule has 0 aliphatic rings. The Kier molecular flexibility index (Phi) is 5.03. The largest absolute Gasteiger partial charge is 0.282 e.